The van der Waals surface area contributed by atoms with Crippen LogP contribution in [0.2, 0.25) is 5.02 Å². The van der Waals surface area contributed by atoms with Crippen LogP contribution in [0.3, 0.4) is 0 Å². The van der Waals surface area contributed by atoms with Gasteiger partial charge in [0.15, 0.2) is 0 Å². The van der Waals surface area contributed by atoms with Crippen LogP contribution in [0.5, 0.6) is 0 Å². The van der Waals surface area contributed by atoms with Gasteiger partial charge < -0.3 is 9.80 Å². The van der Waals surface area contributed by atoms with Crippen molar-refractivity contribution >= 4 is 23.2 Å². The zero-order valence-corrected chi connectivity index (χ0v) is 16.0. The lowest BCUT2D eigenvalue weighted by atomic mass is 10.1. The predicted molar refractivity (Wildman–Crippen MR) is 102 cm³/mol. The van der Waals surface area contributed by atoms with Crippen LogP contribution >= 0.6 is 11.6 Å². The van der Waals surface area contributed by atoms with Gasteiger partial charge in [0, 0.05) is 42.6 Å². The van der Waals surface area contributed by atoms with Gasteiger partial charge in [0.05, 0.1) is 17.3 Å². The van der Waals surface area contributed by atoms with Gasteiger partial charge in [0.2, 0.25) is 0 Å². The number of hydrogen-bond acceptors (Lipinski definition) is 3. The van der Waals surface area contributed by atoms with Crippen molar-refractivity contribution in [3.05, 3.63) is 46.7 Å². The number of anilines is 1. The zero-order chi connectivity index (χ0) is 18.2. The van der Waals surface area contributed by atoms with Gasteiger partial charge in [-0.25, -0.2) is 0 Å². The largest absolute Gasteiger partial charge is 0.368 e. The maximum absolute atomic E-state index is 12.9. The van der Waals surface area contributed by atoms with Crippen molar-refractivity contribution in [2.45, 2.75) is 33.2 Å². The number of rotatable bonds is 2. The molecule has 0 aliphatic carbocycles. The van der Waals surface area contributed by atoms with Crippen LogP contribution in [0.4, 0.5) is 5.69 Å². The van der Waals surface area contributed by atoms with Crippen LogP contribution in [-0.2, 0) is 5.54 Å². The quantitative estimate of drug-likeness (QED) is 0.822. The normalized spacial score (nSPS) is 15.6. The van der Waals surface area contributed by atoms with Crippen molar-refractivity contribution in [3.63, 3.8) is 0 Å². The van der Waals surface area contributed by atoms with E-state index in [9.17, 15) is 4.79 Å². The molecule has 0 bridgehead atoms. The topological polar surface area (TPSA) is 41.4 Å². The van der Waals surface area contributed by atoms with E-state index in [0.717, 1.165) is 29.5 Å². The molecule has 2 aromatic rings. The fraction of sp³-hybridized carbons (Fsp3) is 0.474. The molecule has 0 unspecified atom stereocenters. The lowest BCUT2D eigenvalue weighted by Gasteiger charge is -2.36. The van der Waals surface area contributed by atoms with Crippen molar-refractivity contribution in [3.8, 4) is 0 Å². The number of nitrogens with zero attached hydrogens (tertiary/aromatic N) is 4. The standard InChI is InChI=1S/C19H25ClN4O/c1-14-17(13-21-24(14)19(2,3)4)18(25)23-10-8-22(9-11-23)16-7-5-6-15(20)12-16/h5-7,12-13H,8-11H2,1-4H3. The molecular weight excluding hydrogens is 336 g/mol. The first kappa shape index (κ1) is 17.8. The molecular formula is C19H25ClN4O. The Morgan fingerprint density at radius 2 is 1.84 bits per heavy atom. The highest BCUT2D eigenvalue weighted by Gasteiger charge is 2.27. The van der Waals surface area contributed by atoms with Gasteiger partial charge >= 0.3 is 0 Å². The number of benzene rings is 1. The number of piperazine rings is 1. The van der Waals surface area contributed by atoms with Gasteiger partial charge in [-0.3, -0.25) is 9.48 Å². The molecule has 1 amide bonds. The average molecular weight is 361 g/mol. The number of amides is 1. The highest BCUT2D eigenvalue weighted by molar-refractivity contribution is 6.30. The van der Waals surface area contributed by atoms with Gasteiger partial charge in [0.1, 0.15) is 0 Å². The average Bonchev–Trinajstić information content (AvgIpc) is 2.96. The summed E-state index contributed by atoms with van der Waals surface area (Å²) in [7, 11) is 0. The summed E-state index contributed by atoms with van der Waals surface area (Å²) >= 11 is 6.08. The molecule has 1 aliphatic rings. The third kappa shape index (κ3) is 3.66. The van der Waals surface area contributed by atoms with Gasteiger partial charge in [-0.2, -0.15) is 5.10 Å². The Hall–Kier alpha value is -2.01. The van der Waals surface area contributed by atoms with E-state index >= 15 is 0 Å². The van der Waals surface area contributed by atoms with E-state index in [2.05, 4.69) is 36.8 Å². The second-order valence-corrected chi connectivity index (χ2v) is 7.92. The van der Waals surface area contributed by atoms with Crippen molar-refractivity contribution in [1.82, 2.24) is 14.7 Å². The summed E-state index contributed by atoms with van der Waals surface area (Å²) in [4.78, 5) is 17.1. The van der Waals surface area contributed by atoms with Gasteiger partial charge in [-0.1, -0.05) is 17.7 Å². The summed E-state index contributed by atoms with van der Waals surface area (Å²) in [6.07, 6.45) is 1.70. The molecule has 134 valence electrons. The van der Waals surface area contributed by atoms with Crippen LogP contribution in [0.25, 0.3) is 0 Å². The molecule has 2 heterocycles. The smallest absolute Gasteiger partial charge is 0.257 e. The third-order valence-electron chi connectivity index (χ3n) is 4.62. The van der Waals surface area contributed by atoms with Gasteiger partial charge in [-0.05, 0) is 45.9 Å². The predicted octanol–water partition coefficient (Wildman–Crippen LogP) is 3.56. The Morgan fingerprint density at radius 1 is 1.16 bits per heavy atom. The summed E-state index contributed by atoms with van der Waals surface area (Å²) in [6.45, 7) is 11.2. The van der Waals surface area contributed by atoms with Crippen LogP contribution in [0.15, 0.2) is 30.5 Å². The van der Waals surface area contributed by atoms with Crippen molar-refractivity contribution in [2.75, 3.05) is 31.1 Å². The summed E-state index contributed by atoms with van der Waals surface area (Å²) in [5, 5.41) is 5.16. The fourth-order valence-corrected chi connectivity index (χ4v) is 3.49. The Kier molecular flexibility index (Phi) is 4.78. The lowest BCUT2D eigenvalue weighted by molar-refractivity contribution is 0.0745. The van der Waals surface area contributed by atoms with Crippen molar-refractivity contribution in [1.29, 1.82) is 0 Å². The van der Waals surface area contributed by atoms with E-state index in [4.69, 9.17) is 11.6 Å². The highest BCUT2D eigenvalue weighted by Crippen LogP contribution is 2.23. The molecule has 1 saturated heterocycles. The van der Waals surface area contributed by atoms with E-state index in [-0.39, 0.29) is 11.4 Å². The van der Waals surface area contributed by atoms with Crippen LogP contribution < -0.4 is 4.90 Å². The molecule has 25 heavy (non-hydrogen) atoms. The molecule has 0 atom stereocenters. The first-order valence-corrected chi connectivity index (χ1v) is 9.00. The van der Waals surface area contributed by atoms with Gasteiger partial charge in [0.25, 0.3) is 5.91 Å². The SMILES string of the molecule is Cc1c(C(=O)N2CCN(c3cccc(Cl)c3)CC2)cnn1C(C)(C)C. The second-order valence-electron chi connectivity index (χ2n) is 7.49. The highest BCUT2D eigenvalue weighted by atomic mass is 35.5. The first-order valence-electron chi connectivity index (χ1n) is 8.62. The number of carbonyl (C=O) groups excluding carboxylic acids is 1. The molecule has 5 nitrogen and oxygen atoms in total. The van der Waals surface area contributed by atoms with Crippen LogP contribution in [0.1, 0.15) is 36.8 Å². The van der Waals surface area contributed by atoms with Crippen molar-refractivity contribution in [2.24, 2.45) is 0 Å². The molecule has 3 rings (SSSR count). The Balaban J connectivity index is 1.69. The minimum atomic E-state index is -0.131. The van der Waals surface area contributed by atoms with Crippen LogP contribution in [0, 0.1) is 6.92 Å². The molecule has 0 radical (unpaired) electrons. The summed E-state index contributed by atoms with van der Waals surface area (Å²) in [5.41, 5.74) is 2.60. The van der Waals surface area contributed by atoms with E-state index in [1.165, 1.54) is 0 Å². The summed E-state index contributed by atoms with van der Waals surface area (Å²) in [6, 6.07) is 7.86. The van der Waals surface area contributed by atoms with Crippen molar-refractivity contribution < 1.29 is 4.79 Å². The van der Waals surface area contributed by atoms with E-state index in [1.807, 2.05) is 34.7 Å². The lowest BCUT2D eigenvalue weighted by Crippen LogP contribution is -2.48. The number of carbonyl (C=O) groups is 1. The van der Waals surface area contributed by atoms with Crippen LogP contribution in [-0.4, -0.2) is 46.8 Å². The molecule has 1 aromatic carbocycles. The first-order chi connectivity index (χ1) is 11.8. The maximum atomic E-state index is 12.9. The Bertz CT molecular complexity index is 770. The van der Waals surface area contributed by atoms with Gasteiger partial charge in [-0.15, -0.1) is 0 Å². The molecule has 6 heteroatoms. The Labute approximate surface area is 154 Å². The van der Waals surface area contributed by atoms with E-state index < -0.39 is 0 Å². The minimum absolute atomic E-state index is 0.0683. The molecule has 0 spiro atoms. The molecule has 1 aromatic heterocycles. The number of aromatic nitrogens is 2. The molecule has 0 saturated carbocycles. The van der Waals surface area contributed by atoms with E-state index in [0.29, 0.717) is 18.7 Å². The Morgan fingerprint density at radius 3 is 2.40 bits per heavy atom. The third-order valence-corrected chi connectivity index (χ3v) is 4.85. The fourth-order valence-electron chi connectivity index (χ4n) is 3.31. The number of halogens is 1. The second kappa shape index (κ2) is 6.71. The summed E-state index contributed by atoms with van der Waals surface area (Å²) < 4.78 is 1.92. The van der Waals surface area contributed by atoms with E-state index in [1.54, 1.807) is 6.20 Å². The molecule has 1 fully saturated rings. The maximum Gasteiger partial charge on any atom is 0.257 e. The molecule has 0 N–H and O–H groups in total. The monoisotopic (exact) mass is 360 g/mol. The molecule has 1 aliphatic heterocycles. The zero-order valence-electron chi connectivity index (χ0n) is 15.3. The number of hydrogen-bond donors (Lipinski definition) is 0. The minimum Gasteiger partial charge on any atom is -0.368 e. The summed E-state index contributed by atoms with van der Waals surface area (Å²) in [5.74, 6) is 0.0683.